The van der Waals surface area contributed by atoms with E-state index in [2.05, 4.69) is 5.32 Å². The number of halogens is 3. The van der Waals surface area contributed by atoms with Gasteiger partial charge in [-0.2, -0.15) is 36.7 Å². The predicted molar refractivity (Wildman–Crippen MR) is 73.4 cm³/mol. The van der Waals surface area contributed by atoms with E-state index in [9.17, 15) is 13.2 Å². The van der Waals surface area contributed by atoms with Crippen molar-refractivity contribution >= 4 is 23.5 Å². The fourth-order valence-corrected chi connectivity index (χ4v) is 5.20. The van der Waals surface area contributed by atoms with Crippen LogP contribution >= 0.6 is 23.5 Å². The van der Waals surface area contributed by atoms with Crippen molar-refractivity contribution in [2.45, 2.75) is 43.2 Å². The Bertz CT molecular complexity index is 246. The Morgan fingerprint density at radius 3 is 2.33 bits per heavy atom. The van der Waals surface area contributed by atoms with Crippen molar-refractivity contribution < 1.29 is 13.2 Å². The lowest BCUT2D eigenvalue weighted by molar-refractivity contribution is -0.182. The molecule has 1 saturated carbocycles. The maximum absolute atomic E-state index is 12.5. The van der Waals surface area contributed by atoms with Crippen molar-refractivity contribution in [3.63, 3.8) is 0 Å². The summed E-state index contributed by atoms with van der Waals surface area (Å²) in [4.78, 5) is 0. The van der Waals surface area contributed by atoms with Crippen LogP contribution < -0.4 is 5.32 Å². The quantitative estimate of drug-likeness (QED) is 0.856. The minimum atomic E-state index is -3.99. The van der Waals surface area contributed by atoms with Gasteiger partial charge in [0.1, 0.15) is 0 Å². The Morgan fingerprint density at radius 2 is 1.78 bits per heavy atom. The summed E-state index contributed by atoms with van der Waals surface area (Å²) in [5.41, 5.74) is 0. The SMILES string of the molecule is FC(F)(F)C1CCC(NCC2CSCCS2)CC1. The van der Waals surface area contributed by atoms with Crippen LogP contribution in [0.3, 0.4) is 0 Å². The van der Waals surface area contributed by atoms with Gasteiger partial charge in [0.25, 0.3) is 0 Å². The van der Waals surface area contributed by atoms with Crippen LogP contribution in [0.25, 0.3) is 0 Å². The molecule has 0 aromatic heterocycles. The molecule has 18 heavy (non-hydrogen) atoms. The minimum absolute atomic E-state index is 0.299. The zero-order valence-electron chi connectivity index (χ0n) is 10.3. The largest absolute Gasteiger partial charge is 0.391 e. The molecule has 1 aliphatic carbocycles. The summed E-state index contributed by atoms with van der Waals surface area (Å²) < 4.78 is 37.6. The summed E-state index contributed by atoms with van der Waals surface area (Å²) in [6.45, 7) is 0.957. The zero-order chi connectivity index (χ0) is 13.0. The van der Waals surface area contributed by atoms with E-state index in [0.29, 0.717) is 37.0 Å². The smallest absolute Gasteiger partial charge is 0.313 e. The van der Waals surface area contributed by atoms with Gasteiger partial charge >= 0.3 is 6.18 Å². The number of hydrogen-bond donors (Lipinski definition) is 1. The molecule has 0 aromatic rings. The van der Waals surface area contributed by atoms with Crippen LogP contribution in [0.5, 0.6) is 0 Å². The van der Waals surface area contributed by atoms with Crippen molar-refractivity contribution in [3.8, 4) is 0 Å². The van der Waals surface area contributed by atoms with E-state index in [0.717, 1.165) is 6.54 Å². The van der Waals surface area contributed by atoms with E-state index in [1.54, 1.807) is 0 Å². The van der Waals surface area contributed by atoms with Gasteiger partial charge in [-0.3, -0.25) is 0 Å². The van der Waals surface area contributed by atoms with Crippen LogP contribution in [-0.4, -0.2) is 41.3 Å². The molecule has 0 aromatic carbocycles. The second-order valence-corrected chi connectivity index (χ2v) is 7.62. The fraction of sp³-hybridized carbons (Fsp3) is 1.00. The summed E-state index contributed by atoms with van der Waals surface area (Å²) >= 11 is 3.98. The summed E-state index contributed by atoms with van der Waals surface area (Å²) in [5, 5.41) is 4.10. The van der Waals surface area contributed by atoms with Crippen LogP contribution in [-0.2, 0) is 0 Å². The number of thioether (sulfide) groups is 2. The molecule has 1 N–H and O–H groups in total. The predicted octanol–water partition coefficient (Wildman–Crippen LogP) is 3.55. The van der Waals surface area contributed by atoms with Gasteiger partial charge in [-0.05, 0) is 25.7 Å². The third kappa shape index (κ3) is 4.53. The summed E-state index contributed by atoms with van der Waals surface area (Å²) in [6.07, 6.45) is -2.04. The first-order valence-corrected chi connectivity index (χ1v) is 8.75. The molecule has 0 amide bonds. The molecule has 2 rings (SSSR count). The first-order valence-electron chi connectivity index (χ1n) is 6.55. The maximum atomic E-state index is 12.5. The first kappa shape index (κ1) is 14.9. The standard InChI is InChI=1S/C12H20F3NS2/c13-12(14,15)9-1-3-10(4-2-9)16-7-11-8-17-5-6-18-11/h9-11,16H,1-8H2. The zero-order valence-corrected chi connectivity index (χ0v) is 12.0. The summed E-state index contributed by atoms with van der Waals surface area (Å²) in [6, 6.07) is 0.302. The third-order valence-electron chi connectivity index (χ3n) is 3.71. The van der Waals surface area contributed by atoms with Crippen molar-refractivity contribution in [2.24, 2.45) is 5.92 Å². The van der Waals surface area contributed by atoms with Crippen LogP contribution in [0.1, 0.15) is 25.7 Å². The monoisotopic (exact) mass is 299 g/mol. The van der Waals surface area contributed by atoms with Gasteiger partial charge in [-0.15, -0.1) is 0 Å². The van der Waals surface area contributed by atoms with Crippen molar-refractivity contribution in [3.05, 3.63) is 0 Å². The van der Waals surface area contributed by atoms with Crippen LogP contribution in [0.2, 0.25) is 0 Å². The summed E-state index contributed by atoms with van der Waals surface area (Å²) in [7, 11) is 0. The highest BCUT2D eigenvalue weighted by Crippen LogP contribution is 2.37. The highest BCUT2D eigenvalue weighted by molar-refractivity contribution is 8.06. The van der Waals surface area contributed by atoms with Crippen LogP contribution in [0.4, 0.5) is 13.2 Å². The Labute approximate surface area is 115 Å². The molecular weight excluding hydrogens is 279 g/mol. The van der Waals surface area contributed by atoms with Crippen LogP contribution in [0, 0.1) is 5.92 Å². The minimum Gasteiger partial charge on any atom is -0.313 e. The molecule has 1 unspecified atom stereocenters. The molecule has 1 heterocycles. The van der Waals surface area contributed by atoms with Gasteiger partial charge < -0.3 is 5.32 Å². The fourth-order valence-electron chi connectivity index (χ4n) is 2.58. The van der Waals surface area contributed by atoms with Crippen molar-refractivity contribution in [1.82, 2.24) is 5.32 Å². The Morgan fingerprint density at radius 1 is 1.06 bits per heavy atom. The molecule has 2 fully saturated rings. The van der Waals surface area contributed by atoms with Gasteiger partial charge in [-0.1, -0.05) is 0 Å². The van der Waals surface area contributed by atoms with E-state index in [1.165, 1.54) is 17.3 Å². The molecule has 106 valence electrons. The second kappa shape index (κ2) is 6.75. The van der Waals surface area contributed by atoms with Gasteiger partial charge in [0.15, 0.2) is 0 Å². The molecule has 2 aliphatic rings. The first-order chi connectivity index (χ1) is 8.55. The molecule has 0 radical (unpaired) electrons. The van der Waals surface area contributed by atoms with E-state index in [4.69, 9.17) is 0 Å². The molecule has 0 bridgehead atoms. The Kier molecular flexibility index (Phi) is 5.57. The average molecular weight is 299 g/mol. The van der Waals surface area contributed by atoms with E-state index in [-0.39, 0.29) is 0 Å². The van der Waals surface area contributed by atoms with Gasteiger partial charge in [0.05, 0.1) is 5.92 Å². The van der Waals surface area contributed by atoms with Gasteiger partial charge in [0, 0.05) is 35.1 Å². The highest BCUT2D eigenvalue weighted by atomic mass is 32.2. The lowest BCUT2D eigenvalue weighted by Crippen LogP contribution is -2.40. The third-order valence-corrected chi connectivity index (χ3v) is 6.55. The van der Waals surface area contributed by atoms with Gasteiger partial charge in [0.2, 0.25) is 0 Å². The molecule has 1 atom stereocenters. The maximum Gasteiger partial charge on any atom is 0.391 e. The number of alkyl halides is 3. The highest BCUT2D eigenvalue weighted by Gasteiger charge is 2.41. The topological polar surface area (TPSA) is 12.0 Å². The number of nitrogens with one attached hydrogen (secondary N) is 1. The lowest BCUT2D eigenvalue weighted by Gasteiger charge is -2.31. The Balaban J connectivity index is 1.64. The molecule has 1 nitrogen and oxygen atoms in total. The molecule has 1 aliphatic heterocycles. The van der Waals surface area contributed by atoms with E-state index in [1.807, 2.05) is 23.5 Å². The normalized spacial score (nSPS) is 34.5. The van der Waals surface area contributed by atoms with E-state index >= 15 is 0 Å². The van der Waals surface area contributed by atoms with Crippen LogP contribution in [0.15, 0.2) is 0 Å². The lowest BCUT2D eigenvalue weighted by atomic mass is 9.85. The molecule has 0 spiro atoms. The molecule has 6 heteroatoms. The number of hydrogen-bond acceptors (Lipinski definition) is 3. The second-order valence-electron chi connectivity index (χ2n) is 5.07. The van der Waals surface area contributed by atoms with Crippen molar-refractivity contribution in [2.75, 3.05) is 23.8 Å². The Hall–Kier alpha value is 0.450. The van der Waals surface area contributed by atoms with Crippen molar-refractivity contribution in [1.29, 1.82) is 0 Å². The molecule has 1 saturated heterocycles. The summed E-state index contributed by atoms with van der Waals surface area (Å²) in [5.74, 6) is 2.56. The molecular formula is C12H20F3NS2. The average Bonchev–Trinajstić information content (AvgIpc) is 2.37. The van der Waals surface area contributed by atoms with E-state index < -0.39 is 12.1 Å². The number of rotatable bonds is 3. The van der Waals surface area contributed by atoms with Gasteiger partial charge in [-0.25, -0.2) is 0 Å².